The van der Waals surface area contributed by atoms with Crippen LogP contribution < -0.4 is 0 Å². The second-order valence-electron chi connectivity index (χ2n) is 4.53. The highest BCUT2D eigenvalue weighted by Gasteiger charge is 2.28. The zero-order chi connectivity index (χ0) is 12.1. The second-order valence-corrected chi connectivity index (χ2v) is 6.45. The number of halogens is 1. The summed E-state index contributed by atoms with van der Waals surface area (Å²) in [5, 5.41) is 4.78. The molecule has 98 valence electrons. The van der Waals surface area contributed by atoms with E-state index in [-0.39, 0.29) is 12.4 Å². The van der Waals surface area contributed by atoms with E-state index in [1.807, 2.05) is 11.3 Å². The maximum absolute atomic E-state index is 4.50. The number of thioether (sulfide) groups is 1. The standard InChI is InChI=1S/C14H12N2S2.ClH/c1-9-3-2-4-12-10(9)7-13(18-12)11-8-17-14-15-5-6-16(11)14;/h2-4,7-8H,5-6H2,1H3;1H. The molecule has 3 heterocycles. The highest BCUT2D eigenvalue weighted by molar-refractivity contribution is 8.16. The summed E-state index contributed by atoms with van der Waals surface area (Å²) < 4.78 is 1.38. The molecule has 0 N–H and O–H groups in total. The lowest BCUT2D eigenvalue weighted by atomic mass is 10.1. The molecular formula is C14H13ClN2S2. The molecule has 19 heavy (non-hydrogen) atoms. The van der Waals surface area contributed by atoms with Crippen LogP contribution in [-0.4, -0.2) is 23.2 Å². The Labute approximate surface area is 126 Å². The van der Waals surface area contributed by atoms with Crippen LogP contribution >= 0.6 is 35.5 Å². The van der Waals surface area contributed by atoms with Gasteiger partial charge in [0.1, 0.15) is 0 Å². The normalized spacial score (nSPS) is 17.2. The monoisotopic (exact) mass is 308 g/mol. The van der Waals surface area contributed by atoms with E-state index in [4.69, 9.17) is 0 Å². The summed E-state index contributed by atoms with van der Waals surface area (Å²) in [6.45, 7) is 4.14. The molecule has 0 aliphatic carbocycles. The first kappa shape index (κ1) is 13.0. The van der Waals surface area contributed by atoms with E-state index in [0.717, 1.165) is 13.1 Å². The van der Waals surface area contributed by atoms with Crippen LogP contribution in [0.1, 0.15) is 10.4 Å². The summed E-state index contributed by atoms with van der Waals surface area (Å²) in [5.74, 6) is 0. The molecule has 0 atom stereocenters. The first-order valence-electron chi connectivity index (χ1n) is 6.01. The average molecular weight is 309 g/mol. The Kier molecular flexibility index (Phi) is 3.33. The van der Waals surface area contributed by atoms with E-state index < -0.39 is 0 Å². The highest BCUT2D eigenvalue weighted by atomic mass is 35.5. The van der Waals surface area contributed by atoms with Crippen molar-refractivity contribution >= 4 is 56.5 Å². The molecule has 4 rings (SSSR count). The molecule has 5 heteroatoms. The minimum absolute atomic E-state index is 0. The number of thiophene rings is 1. The summed E-state index contributed by atoms with van der Waals surface area (Å²) in [6, 6.07) is 8.85. The van der Waals surface area contributed by atoms with E-state index in [9.17, 15) is 0 Å². The molecule has 2 aromatic rings. The minimum atomic E-state index is 0. The van der Waals surface area contributed by atoms with Crippen molar-refractivity contribution in [3.8, 4) is 0 Å². The van der Waals surface area contributed by atoms with Crippen molar-refractivity contribution in [3.05, 3.63) is 40.1 Å². The van der Waals surface area contributed by atoms with Crippen LogP contribution in [0.25, 0.3) is 15.8 Å². The van der Waals surface area contributed by atoms with Gasteiger partial charge >= 0.3 is 0 Å². The molecule has 0 spiro atoms. The summed E-state index contributed by atoms with van der Waals surface area (Å²) >= 11 is 3.63. The Morgan fingerprint density at radius 1 is 1.32 bits per heavy atom. The lowest BCUT2D eigenvalue weighted by Crippen LogP contribution is -2.19. The number of amidine groups is 1. The van der Waals surface area contributed by atoms with Crippen LogP contribution in [0.15, 0.2) is 34.7 Å². The van der Waals surface area contributed by atoms with E-state index in [0.29, 0.717) is 0 Å². The molecule has 0 saturated carbocycles. The summed E-state index contributed by atoms with van der Waals surface area (Å²) in [4.78, 5) is 8.20. The first-order valence-corrected chi connectivity index (χ1v) is 7.71. The van der Waals surface area contributed by atoms with Gasteiger partial charge in [0.05, 0.1) is 17.1 Å². The van der Waals surface area contributed by atoms with Crippen LogP contribution in [0.5, 0.6) is 0 Å². The smallest absolute Gasteiger partial charge is 0.168 e. The maximum Gasteiger partial charge on any atom is 0.168 e. The number of nitrogens with zero attached hydrogens (tertiary/aromatic N) is 2. The number of hydrogen-bond acceptors (Lipinski definition) is 4. The Balaban J connectivity index is 0.00000110. The number of aryl methyl sites for hydroxylation is 1. The Morgan fingerprint density at radius 2 is 2.21 bits per heavy atom. The van der Waals surface area contributed by atoms with Crippen LogP contribution in [-0.2, 0) is 0 Å². The summed E-state index contributed by atoms with van der Waals surface area (Å²) in [7, 11) is 0. The molecule has 2 aliphatic heterocycles. The van der Waals surface area contributed by atoms with E-state index in [1.165, 1.54) is 31.4 Å². The molecule has 0 bridgehead atoms. The molecule has 0 unspecified atom stereocenters. The van der Waals surface area contributed by atoms with Crippen LogP contribution in [0.3, 0.4) is 0 Å². The van der Waals surface area contributed by atoms with Gasteiger partial charge in [-0.1, -0.05) is 23.9 Å². The molecule has 1 aromatic carbocycles. The van der Waals surface area contributed by atoms with Crippen LogP contribution in [0.4, 0.5) is 0 Å². The Hall–Kier alpha value is -0.970. The van der Waals surface area contributed by atoms with Gasteiger partial charge in [0.15, 0.2) is 5.17 Å². The summed E-state index contributed by atoms with van der Waals surface area (Å²) in [5.41, 5.74) is 2.69. The zero-order valence-corrected chi connectivity index (χ0v) is 12.9. The minimum Gasteiger partial charge on any atom is -0.317 e. The van der Waals surface area contributed by atoms with Crippen LogP contribution in [0.2, 0.25) is 0 Å². The predicted octanol–water partition coefficient (Wildman–Crippen LogP) is 4.35. The number of rotatable bonds is 1. The second kappa shape index (κ2) is 4.85. The van der Waals surface area contributed by atoms with Crippen molar-refractivity contribution in [2.75, 3.05) is 13.1 Å². The van der Waals surface area contributed by atoms with Gasteiger partial charge in [-0.2, -0.15) is 0 Å². The zero-order valence-electron chi connectivity index (χ0n) is 10.4. The van der Waals surface area contributed by atoms with Gasteiger partial charge in [-0.05, 0) is 30.0 Å². The third-order valence-electron chi connectivity index (χ3n) is 3.40. The topological polar surface area (TPSA) is 15.6 Å². The van der Waals surface area contributed by atoms with Crippen molar-refractivity contribution < 1.29 is 0 Å². The van der Waals surface area contributed by atoms with Crippen molar-refractivity contribution in [2.24, 2.45) is 4.99 Å². The van der Waals surface area contributed by atoms with E-state index in [1.54, 1.807) is 11.8 Å². The fourth-order valence-corrected chi connectivity index (χ4v) is 4.64. The Bertz CT molecular complexity index is 703. The SMILES string of the molecule is Cc1cccc2sc(C3=CSC4=NCCN34)cc12.Cl. The van der Waals surface area contributed by atoms with Gasteiger partial charge in [-0.3, -0.25) is 4.99 Å². The van der Waals surface area contributed by atoms with Crippen molar-refractivity contribution in [1.29, 1.82) is 0 Å². The van der Waals surface area contributed by atoms with Gasteiger partial charge in [0, 0.05) is 16.7 Å². The van der Waals surface area contributed by atoms with Gasteiger partial charge < -0.3 is 4.90 Å². The molecule has 0 amide bonds. The lowest BCUT2D eigenvalue weighted by molar-refractivity contribution is 0.652. The van der Waals surface area contributed by atoms with Gasteiger partial charge in [-0.15, -0.1) is 23.7 Å². The quantitative estimate of drug-likeness (QED) is 0.778. The molecule has 0 saturated heterocycles. The van der Waals surface area contributed by atoms with Crippen molar-refractivity contribution in [1.82, 2.24) is 4.90 Å². The van der Waals surface area contributed by atoms with Gasteiger partial charge in [0.25, 0.3) is 0 Å². The average Bonchev–Trinajstić information content (AvgIpc) is 3.02. The molecule has 2 aliphatic rings. The Morgan fingerprint density at radius 3 is 3.05 bits per heavy atom. The van der Waals surface area contributed by atoms with E-state index >= 15 is 0 Å². The molecule has 2 nitrogen and oxygen atoms in total. The van der Waals surface area contributed by atoms with Gasteiger partial charge in [-0.25, -0.2) is 0 Å². The van der Waals surface area contributed by atoms with E-state index in [2.05, 4.69) is 46.5 Å². The largest absolute Gasteiger partial charge is 0.317 e. The molecule has 0 fully saturated rings. The third kappa shape index (κ3) is 1.98. The maximum atomic E-state index is 4.50. The van der Waals surface area contributed by atoms with Crippen molar-refractivity contribution in [3.63, 3.8) is 0 Å². The first-order chi connectivity index (χ1) is 8.83. The fraction of sp³-hybridized carbons (Fsp3) is 0.214. The highest BCUT2D eigenvalue weighted by Crippen LogP contribution is 2.40. The number of aliphatic imine (C=N–C) groups is 1. The molecule has 1 aromatic heterocycles. The third-order valence-corrected chi connectivity index (χ3v) is 5.42. The van der Waals surface area contributed by atoms with Crippen LogP contribution in [0, 0.1) is 6.92 Å². The molecular weight excluding hydrogens is 296 g/mol. The number of hydrogen-bond donors (Lipinski definition) is 0. The molecule has 0 radical (unpaired) electrons. The van der Waals surface area contributed by atoms with Crippen molar-refractivity contribution in [2.45, 2.75) is 6.92 Å². The summed E-state index contributed by atoms with van der Waals surface area (Å²) in [6.07, 6.45) is 0. The fourth-order valence-electron chi connectivity index (χ4n) is 2.45. The number of benzene rings is 1. The lowest BCUT2D eigenvalue weighted by Gasteiger charge is -2.14. The van der Waals surface area contributed by atoms with Gasteiger partial charge in [0.2, 0.25) is 0 Å². The predicted molar refractivity (Wildman–Crippen MR) is 88.4 cm³/mol. The number of fused-ring (bicyclic) bond motifs is 2.